The minimum absolute atomic E-state index is 0.119. The molecule has 15 rings (SSSR count). The van der Waals surface area contributed by atoms with Crippen LogP contribution >= 0.6 is 0 Å². The highest BCUT2D eigenvalue weighted by atomic mass is 16.5. The number of anilines is 9. The highest BCUT2D eigenvalue weighted by Gasteiger charge is 2.49. The Balaban J connectivity index is 1.08. The summed E-state index contributed by atoms with van der Waals surface area (Å²) in [5.41, 5.74) is 26.2. The van der Waals surface area contributed by atoms with E-state index in [1.165, 1.54) is 72.3 Å². The van der Waals surface area contributed by atoms with Crippen LogP contribution in [0.15, 0.2) is 218 Å². The van der Waals surface area contributed by atoms with Gasteiger partial charge < -0.3 is 19.4 Å². The van der Waals surface area contributed by atoms with Gasteiger partial charge in [-0.2, -0.15) is 0 Å². The molecule has 0 aromatic heterocycles. The van der Waals surface area contributed by atoms with Crippen molar-refractivity contribution in [3.05, 3.63) is 263 Å². The fraction of sp³-hybridized carbons (Fsp3) is 0.167. The fourth-order valence-electron chi connectivity index (χ4n) is 14.6. The summed E-state index contributed by atoms with van der Waals surface area (Å²) < 4.78 is 7.28. The molecule has 5 heteroatoms. The number of nitrogens with zero attached hydrogens (tertiary/aromatic N) is 3. The maximum atomic E-state index is 7.28. The summed E-state index contributed by atoms with van der Waals surface area (Å²) in [7, 11) is 0. The first kappa shape index (κ1) is 45.8. The summed E-state index contributed by atoms with van der Waals surface area (Å²) in [5.74, 6) is 1.57. The number of para-hydroxylation sites is 5. The van der Waals surface area contributed by atoms with Crippen LogP contribution in [0.2, 0.25) is 0 Å². The summed E-state index contributed by atoms with van der Waals surface area (Å²) in [6.45, 7) is 19.3. The highest BCUT2D eigenvalue weighted by Crippen LogP contribution is 2.57. The van der Waals surface area contributed by atoms with Gasteiger partial charge in [0.05, 0.1) is 11.4 Å². The minimum atomic E-state index is -0.268. The van der Waals surface area contributed by atoms with Crippen molar-refractivity contribution >= 4 is 74.3 Å². The maximum absolute atomic E-state index is 7.28. The van der Waals surface area contributed by atoms with Gasteiger partial charge in [-0.15, -0.1) is 0 Å². The van der Waals surface area contributed by atoms with E-state index >= 15 is 0 Å². The van der Waals surface area contributed by atoms with Crippen LogP contribution in [0.4, 0.5) is 51.2 Å². The van der Waals surface area contributed by atoms with Crippen LogP contribution in [0, 0.1) is 0 Å². The van der Waals surface area contributed by atoms with Crippen molar-refractivity contribution in [1.29, 1.82) is 0 Å². The molecule has 3 aliphatic heterocycles. The van der Waals surface area contributed by atoms with E-state index in [0.29, 0.717) is 0 Å². The molecule has 0 saturated carbocycles. The number of hydrogen-bond acceptors (Lipinski definition) is 4. The van der Waals surface area contributed by atoms with E-state index in [0.717, 1.165) is 62.4 Å². The van der Waals surface area contributed by atoms with Crippen LogP contribution < -0.4 is 35.8 Å². The van der Waals surface area contributed by atoms with Gasteiger partial charge in [-0.25, -0.2) is 0 Å². The van der Waals surface area contributed by atoms with Gasteiger partial charge in [-0.05, 0) is 151 Å². The molecule has 0 N–H and O–H groups in total. The lowest BCUT2D eigenvalue weighted by molar-refractivity contribution is 0.484. The second-order valence-electron chi connectivity index (χ2n) is 24.1. The lowest BCUT2D eigenvalue weighted by Gasteiger charge is -2.49. The third-order valence-electron chi connectivity index (χ3n) is 18.5. The fourth-order valence-corrected chi connectivity index (χ4v) is 14.6. The number of benzene rings is 10. The quantitative estimate of drug-likeness (QED) is 0.164. The zero-order chi connectivity index (χ0) is 52.3. The molecule has 0 radical (unpaired) electrons. The Bertz CT molecular complexity index is 4120. The van der Waals surface area contributed by atoms with Gasteiger partial charge in [0.25, 0.3) is 6.71 Å². The second-order valence-corrected chi connectivity index (χ2v) is 24.1. The normalized spacial score (nSPS) is 16.7. The number of rotatable bonds is 3. The molecule has 5 aliphatic rings. The first-order valence-corrected chi connectivity index (χ1v) is 27.5. The number of ether oxygens (including phenoxy) is 1. The minimum Gasteiger partial charge on any atom is -0.453 e. The molecule has 0 fully saturated rings. The summed E-state index contributed by atoms with van der Waals surface area (Å²) >= 11 is 0. The van der Waals surface area contributed by atoms with Gasteiger partial charge >= 0.3 is 0 Å². The Labute approximate surface area is 454 Å². The summed E-state index contributed by atoms with van der Waals surface area (Å²) in [6.07, 6.45) is 0. The van der Waals surface area contributed by atoms with Crippen molar-refractivity contribution in [3.8, 4) is 22.6 Å². The number of fused-ring (bicyclic) bond motifs is 12. The molecule has 4 nitrogen and oxygen atoms in total. The summed E-state index contributed by atoms with van der Waals surface area (Å²) in [5, 5.41) is 0. The van der Waals surface area contributed by atoms with E-state index in [1.54, 1.807) is 0 Å². The molecule has 3 heterocycles. The largest absolute Gasteiger partial charge is 0.453 e. The SMILES string of the molecule is CC1(C)c2ccccc2C(C)(C)c2cc(N3c4cc5c(cc4B4c6ccc7cc6N(c6ccccc6Oc6ccccc6N7c6ccccc6)c6cc(-c7ccccc7)cc3c64)C(C)(C)c3ccccc3C5(C)C)ccc21. The highest BCUT2D eigenvalue weighted by molar-refractivity contribution is 7.00. The van der Waals surface area contributed by atoms with E-state index < -0.39 is 0 Å². The maximum Gasteiger partial charge on any atom is 0.252 e. The zero-order valence-corrected chi connectivity index (χ0v) is 45.1. The average Bonchev–Trinajstić information content (AvgIpc) is 3.59. The summed E-state index contributed by atoms with van der Waals surface area (Å²) in [6, 6.07) is 81.9. The van der Waals surface area contributed by atoms with E-state index in [9.17, 15) is 0 Å². The van der Waals surface area contributed by atoms with Crippen molar-refractivity contribution < 1.29 is 4.74 Å². The summed E-state index contributed by atoms with van der Waals surface area (Å²) in [4.78, 5) is 7.53. The van der Waals surface area contributed by atoms with Gasteiger partial charge in [-0.3, -0.25) is 0 Å². The van der Waals surface area contributed by atoms with Crippen molar-refractivity contribution in [3.63, 3.8) is 0 Å². The van der Waals surface area contributed by atoms with Crippen LogP contribution in [0.5, 0.6) is 11.5 Å². The van der Waals surface area contributed by atoms with Crippen molar-refractivity contribution in [1.82, 2.24) is 0 Å². The molecule has 77 heavy (non-hydrogen) atoms. The van der Waals surface area contributed by atoms with Crippen molar-refractivity contribution in [2.45, 2.75) is 77.0 Å². The van der Waals surface area contributed by atoms with Gasteiger partial charge in [0.2, 0.25) is 0 Å². The lowest BCUT2D eigenvalue weighted by Crippen LogP contribution is -2.62. The second kappa shape index (κ2) is 16.0. The molecule has 0 unspecified atom stereocenters. The van der Waals surface area contributed by atoms with E-state index in [-0.39, 0.29) is 28.4 Å². The van der Waals surface area contributed by atoms with Gasteiger partial charge in [0.15, 0.2) is 11.5 Å². The standard InChI is InChI=1S/C72H60BN3O/c1-69(2)50-27-15-16-28-51(50)70(3,4)55-41-48(35-37-54(55)69)75-63-44-57-56(71(5,6)52-29-17-18-30-53(52)72(57,7)8)43-59(63)73-58-38-36-49-42-62(58)76(65-40-46(39-64(75)68(65)73)45-23-11-9-12-24-45)61-32-20-22-34-67(61)77-66-33-21-19-31-60(66)74(49)47-25-13-10-14-26-47/h9-44H,1-8H3. The van der Waals surface area contributed by atoms with Crippen LogP contribution in [-0.2, 0) is 21.7 Å². The molecule has 2 aliphatic carbocycles. The van der Waals surface area contributed by atoms with E-state index in [2.05, 4.69) is 288 Å². The topological polar surface area (TPSA) is 19.0 Å². The Morgan fingerprint density at radius 2 is 0.727 bits per heavy atom. The van der Waals surface area contributed by atoms with E-state index in [1.807, 2.05) is 0 Å². The van der Waals surface area contributed by atoms with Gasteiger partial charge in [-0.1, -0.05) is 195 Å². The van der Waals surface area contributed by atoms with Crippen LogP contribution in [0.3, 0.4) is 0 Å². The molecule has 0 spiro atoms. The smallest absolute Gasteiger partial charge is 0.252 e. The molecule has 2 bridgehead atoms. The van der Waals surface area contributed by atoms with E-state index in [4.69, 9.17) is 4.74 Å². The lowest BCUT2D eigenvalue weighted by atomic mass is 9.33. The Hall–Kier alpha value is -8.54. The third kappa shape index (κ3) is 6.35. The molecule has 0 amide bonds. The number of hydrogen-bond donors (Lipinski definition) is 0. The molecule has 10 aromatic rings. The van der Waals surface area contributed by atoms with Crippen molar-refractivity contribution in [2.75, 3.05) is 14.7 Å². The molecule has 0 atom stereocenters. The van der Waals surface area contributed by atoms with Crippen LogP contribution in [0.1, 0.15) is 99.9 Å². The molecular weight excluding hydrogens is 934 g/mol. The first-order valence-electron chi connectivity index (χ1n) is 27.5. The Kier molecular flexibility index (Phi) is 9.52. The third-order valence-corrected chi connectivity index (χ3v) is 18.5. The van der Waals surface area contributed by atoms with Gasteiger partial charge in [0, 0.05) is 61.5 Å². The molecule has 10 aromatic carbocycles. The van der Waals surface area contributed by atoms with Crippen molar-refractivity contribution in [2.24, 2.45) is 0 Å². The predicted molar refractivity (Wildman–Crippen MR) is 322 cm³/mol. The predicted octanol–water partition coefficient (Wildman–Crippen LogP) is 16.9. The monoisotopic (exact) mass is 993 g/mol. The molecule has 0 saturated heterocycles. The first-order chi connectivity index (χ1) is 37.2. The molecular formula is C72H60BN3O. The van der Waals surface area contributed by atoms with Gasteiger partial charge in [0.1, 0.15) is 0 Å². The Morgan fingerprint density at radius 1 is 0.286 bits per heavy atom. The Morgan fingerprint density at radius 3 is 1.34 bits per heavy atom. The van der Waals surface area contributed by atoms with Crippen LogP contribution in [-0.4, -0.2) is 6.71 Å². The van der Waals surface area contributed by atoms with Crippen LogP contribution in [0.25, 0.3) is 11.1 Å². The average molecular weight is 994 g/mol. The zero-order valence-electron chi connectivity index (χ0n) is 45.1. The molecule has 372 valence electrons.